The fourth-order valence-electron chi connectivity index (χ4n) is 3.17. The fourth-order valence-corrected chi connectivity index (χ4v) is 3.17. The molecule has 1 aromatic heterocycles. The fraction of sp³-hybridized carbons (Fsp3) is 0.450. The molecule has 0 amide bonds. The van der Waals surface area contributed by atoms with E-state index in [-0.39, 0.29) is 25.5 Å². The van der Waals surface area contributed by atoms with Crippen LogP contribution in [0.5, 0.6) is 0 Å². The minimum atomic E-state index is -0.511. The second-order valence-electron chi connectivity index (χ2n) is 6.19. The van der Waals surface area contributed by atoms with Crippen LogP contribution in [-0.4, -0.2) is 61.2 Å². The Morgan fingerprint density at radius 1 is 1.07 bits per heavy atom. The van der Waals surface area contributed by atoms with Crippen LogP contribution < -0.4 is 4.90 Å². The van der Waals surface area contributed by atoms with Crippen LogP contribution >= 0.6 is 0 Å². The highest BCUT2D eigenvalue weighted by Gasteiger charge is 2.31. The van der Waals surface area contributed by atoms with Crippen molar-refractivity contribution in [1.82, 2.24) is 9.78 Å². The van der Waals surface area contributed by atoms with Crippen molar-refractivity contribution in [3.8, 4) is 11.3 Å². The number of carbonyl (C=O) groups is 2. The Morgan fingerprint density at radius 2 is 1.75 bits per heavy atom. The topological polar surface area (TPSA) is 82.9 Å². The van der Waals surface area contributed by atoms with Crippen molar-refractivity contribution in [1.29, 1.82) is 0 Å². The molecule has 0 N–H and O–H groups in total. The van der Waals surface area contributed by atoms with Gasteiger partial charge < -0.3 is 19.1 Å². The van der Waals surface area contributed by atoms with E-state index in [1.165, 1.54) is 4.68 Å². The second-order valence-corrected chi connectivity index (χ2v) is 6.19. The molecule has 2 heterocycles. The van der Waals surface area contributed by atoms with Gasteiger partial charge in [-0.25, -0.2) is 9.48 Å². The molecule has 0 atom stereocenters. The number of hydrogen-bond donors (Lipinski definition) is 0. The normalized spacial score (nSPS) is 14.0. The molecule has 0 aliphatic carbocycles. The molecule has 0 spiro atoms. The number of benzene rings is 1. The number of aromatic nitrogens is 2. The van der Waals surface area contributed by atoms with Gasteiger partial charge in [-0.15, -0.1) is 0 Å². The summed E-state index contributed by atoms with van der Waals surface area (Å²) in [5.41, 5.74) is 2.42. The summed E-state index contributed by atoms with van der Waals surface area (Å²) < 4.78 is 17.2. The Bertz CT molecular complexity index is 813. The zero-order chi connectivity index (χ0) is 19.9. The monoisotopic (exact) mass is 387 g/mol. The molecule has 1 saturated heterocycles. The summed E-state index contributed by atoms with van der Waals surface area (Å²) in [6.45, 7) is 6.17. The molecule has 2 aromatic rings. The van der Waals surface area contributed by atoms with E-state index in [0.29, 0.717) is 37.7 Å². The van der Waals surface area contributed by atoms with E-state index in [1.807, 2.05) is 30.3 Å². The standard InChI is InChI=1S/C20H25N3O5/c1-3-27-16(24)14-23-19(20(25)28-4-2)18(22-10-12-26-13-11-22)17(21-23)15-8-6-5-7-9-15/h5-9H,3-4,10-14H2,1-2H3. The smallest absolute Gasteiger partial charge is 0.358 e. The van der Waals surface area contributed by atoms with Crippen LogP contribution in [0.2, 0.25) is 0 Å². The highest BCUT2D eigenvalue weighted by atomic mass is 16.5. The summed E-state index contributed by atoms with van der Waals surface area (Å²) in [4.78, 5) is 27.0. The molecule has 8 nitrogen and oxygen atoms in total. The number of hydrogen-bond acceptors (Lipinski definition) is 7. The molecule has 1 fully saturated rings. The van der Waals surface area contributed by atoms with Crippen LogP contribution in [0.25, 0.3) is 11.3 Å². The Hall–Kier alpha value is -2.87. The third kappa shape index (κ3) is 4.33. The number of ether oxygens (including phenoxy) is 3. The highest BCUT2D eigenvalue weighted by molar-refractivity contribution is 5.99. The van der Waals surface area contributed by atoms with Crippen LogP contribution in [0.4, 0.5) is 5.69 Å². The van der Waals surface area contributed by atoms with Crippen molar-refractivity contribution in [3.63, 3.8) is 0 Å². The van der Waals surface area contributed by atoms with Gasteiger partial charge in [-0.2, -0.15) is 5.10 Å². The third-order valence-electron chi connectivity index (χ3n) is 4.35. The quantitative estimate of drug-likeness (QED) is 0.673. The van der Waals surface area contributed by atoms with Gasteiger partial charge in [0.05, 0.1) is 32.1 Å². The number of nitrogens with zero attached hydrogens (tertiary/aromatic N) is 3. The summed E-state index contributed by atoms with van der Waals surface area (Å²) >= 11 is 0. The molecule has 1 aliphatic rings. The summed E-state index contributed by atoms with van der Waals surface area (Å²) in [6.07, 6.45) is 0. The maximum Gasteiger partial charge on any atom is 0.358 e. The number of morpholine rings is 1. The van der Waals surface area contributed by atoms with E-state index in [9.17, 15) is 9.59 Å². The molecule has 28 heavy (non-hydrogen) atoms. The molecule has 0 radical (unpaired) electrons. The number of carbonyl (C=O) groups excluding carboxylic acids is 2. The highest BCUT2D eigenvalue weighted by Crippen LogP contribution is 2.34. The number of esters is 2. The van der Waals surface area contributed by atoms with Crippen molar-refractivity contribution >= 4 is 17.6 Å². The molecule has 0 unspecified atom stereocenters. The van der Waals surface area contributed by atoms with Crippen molar-refractivity contribution in [2.45, 2.75) is 20.4 Å². The van der Waals surface area contributed by atoms with Crippen LogP contribution in [0.3, 0.4) is 0 Å². The minimum absolute atomic E-state index is 0.161. The predicted molar refractivity (Wildman–Crippen MR) is 103 cm³/mol. The molecule has 1 aliphatic heterocycles. The minimum Gasteiger partial charge on any atom is -0.465 e. The lowest BCUT2D eigenvalue weighted by molar-refractivity contribution is -0.144. The molecule has 150 valence electrons. The average Bonchev–Trinajstić information content (AvgIpc) is 3.09. The summed E-state index contributed by atoms with van der Waals surface area (Å²) in [7, 11) is 0. The van der Waals surface area contributed by atoms with E-state index in [2.05, 4.69) is 10.00 Å². The first kappa shape index (κ1) is 19.9. The maximum atomic E-state index is 12.8. The van der Waals surface area contributed by atoms with E-state index in [4.69, 9.17) is 14.2 Å². The zero-order valence-corrected chi connectivity index (χ0v) is 16.2. The van der Waals surface area contributed by atoms with Gasteiger partial charge in [0, 0.05) is 18.7 Å². The molecular formula is C20H25N3O5. The van der Waals surface area contributed by atoms with E-state index in [0.717, 1.165) is 5.56 Å². The largest absolute Gasteiger partial charge is 0.465 e. The summed E-state index contributed by atoms with van der Waals surface area (Å²) in [5, 5.41) is 4.61. The SMILES string of the molecule is CCOC(=O)Cn1nc(-c2ccccc2)c(N2CCOCC2)c1C(=O)OCC. The van der Waals surface area contributed by atoms with Crippen molar-refractivity contribution in [2.75, 3.05) is 44.4 Å². The summed E-state index contributed by atoms with van der Waals surface area (Å²) in [5.74, 6) is -0.966. The Morgan fingerprint density at radius 3 is 2.39 bits per heavy atom. The van der Waals surface area contributed by atoms with Crippen LogP contribution in [0, 0.1) is 0 Å². The molecule has 3 rings (SSSR count). The first-order valence-electron chi connectivity index (χ1n) is 9.47. The predicted octanol–water partition coefficient (Wildman–Crippen LogP) is 2.13. The Labute approximate surface area is 164 Å². The van der Waals surface area contributed by atoms with Crippen molar-refractivity contribution in [3.05, 3.63) is 36.0 Å². The lowest BCUT2D eigenvalue weighted by Gasteiger charge is -2.29. The van der Waals surface area contributed by atoms with Gasteiger partial charge in [-0.3, -0.25) is 4.79 Å². The molecule has 8 heteroatoms. The lowest BCUT2D eigenvalue weighted by atomic mass is 10.1. The Balaban J connectivity index is 2.14. The van der Waals surface area contributed by atoms with Gasteiger partial charge in [0.25, 0.3) is 0 Å². The van der Waals surface area contributed by atoms with Crippen LogP contribution in [0.15, 0.2) is 30.3 Å². The van der Waals surface area contributed by atoms with Crippen molar-refractivity contribution < 1.29 is 23.8 Å². The van der Waals surface area contributed by atoms with E-state index in [1.54, 1.807) is 13.8 Å². The molecular weight excluding hydrogens is 362 g/mol. The molecule has 0 saturated carbocycles. The maximum absolute atomic E-state index is 12.8. The van der Waals surface area contributed by atoms with E-state index >= 15 is 0 Å². The Kier molecular flexibility index (Phi) is 6.65. The lowest BCUT2D eigenvalue weighted by Crippen LogP contribution is -2.37. The first-order valence-corrected chi connectivity index (χ1v) is 9.47. The summed E-state index contributed by atoms with van der Waals surface area (Å²) in [6, 6.07) is 9.59. The molecule has 0 bridgehead atoms. The van der Waals surface area contributed by atoms with Gasteiger partial charge >= 0.3 is 11.9 Å². The second kappa shape index (κ2) is 9.36. The van der Waals surface area contributed by atoms with E-state index < -0.39 is 11.9 Å². The average molecular weight is 387 g/mol. The van der Waals surface area contributed by atoms with Crippen LogP contribution in [0.1, 0.15) is 24.3 Å². The first-order chi connectivity index (χ1) is 13.7. The molecule has 1 aromatic carbocycles. The van der Waals surface area contributed by atoms with Gasteiger partial charge in [-0.05, 0) is 13.8 Å². The van der Waals surface area contributed by atoms with Gasteiger partial charge in [0.2, 0.25) is 0 Å². The third-order valence-corrected chi connectivity index (χ3v) is 4.35. The van der Waals surface area contributed by atoms with Crippen LogP contribution in [-0.2, 0) is 25.5 Å². The van der Waals surface area contributed by atoms with Gasteiger partial charge in [0.15, 0.2) is 5.69 Å². The number of anilines is 1. The van der Waals surface area contributed by atoms with Gasteiger partial charge in [0.1, 0.15) is 12.2 Å². The van der Waals surface area contributed by atoms with Crippen molar-refractivity contribution in [2.24, 2.45) is 0 Å². The number of rotatable bonds is 7. The zero-order valence-electron chi connectivity index (χ0n) is 16.2. The van der Waals surface area contributed by atoms with Gasteiger partial charge in [-0.1, -0.05) is 30.3 Å².